The van der Waals surface area contributed by atoms with Gasteiger partial charge in [-0.25, -0.2) is 4.79 Å². The Balaban J connectivity index is 3.41. The summed E-state index contributed by atoms with van der Waals surface area (Å²) in [6.07, 6.45) is -5.32. The van der Waals surface area contributed by atoms with E-state index in [0.29, 0.717) is 0 Å². The van der Waals surface area contributed by atoms with Gasteiger partial charge in [0.2, 0.25) is 2.14 Å². The summed E-state index contributed by atoms with van der Waals surface area (Å²) in [7, 11) is -5.15. The Morgan fingerprint density at radius 2 is 1.27 bits per heavy atom. The van der Waals surface area contributed by atoms with Crippen molar-refractivity contribution in [3.63, 3.8) is 0 Å². The van der Waals surface area contributed by atoms with Crippen LogP contribution in [0.25, 0.3) is 0 Å². The molecule has 0 aliphatic carbocycles. The van der Waals surface area contributed by atoms with Gasteiger partial charge in [0, 0.05) is 0 Å². The number of hydrogen-bond acceptors (Lipinski definition) is 6. The summed E-state index contributed by atoms with van der Waals surface area (Å²) >= 11 is 21.0. The molecule has 0 spiro atoms. The lowest BCUT2D eigenvalue weighted by molar-refractivity contribution is -0.187. The predicted molar refractivity (Wildman–Crippen MR) is 124 cm³/mol. The van der Waals surface area contributed by atoms with Crippen molar-refractivity contribution < 1.29 is 45.2 Å². The van der Waals surface area contributed by atoms with Crippen molar-refractivity contribution in [1.82, 2.24) is 0 Å². The Bertz CT molecular complexity index is 947. The first kappa shape index (κ1) is 29.3. The summed E-state index contributed by atoms with van der Waals surface area (Å²) in [5.41, 5.74) is 0. The first-order valence-electron chi connectivity index (χ1n) is 6.65. The zero-order valence-corrected chi connectivity index (χ0v) is 25.3. The van der Waals surface area contributed by atoms with Crippen LogP contribution < -0.4 is 9.47 Å². The fourth-order valence-electron chi connectivity index (χ4n) is 1.60. The molecule has 170 valence electrons. The molecule has 0 radical (unpaired) electrons. The summed E-state index contributed by atoms with van der Waals surface area (Å²) in [6.45, 7) is 0. The van der Waals surface area contributed by atoms with Crippen molar-refractivity contribution in [1.29, 1.82) is 0 Å². The molecule has 1 aromatic rings. The van der Waals surface area contributed by atoms with Gasteiger partial charge in [-0.2, -0.15) is 21.6 Å². The van der Waals surface area contributed by atoms with Crippen LogP contribution in [0.3, 0.4) is 0 Å². The monoisotopic (exact) mass is 901 g/mol. The number of carbonyl (C=O) groups is 2. The van der Waals surface area contributed by atoms with E-state index in [9.17, 15) is 31.2 Å². The summed E-state index contributed by atoms with van der Waals surface area (Å²) in [4.78, 5) is 24.1. The van der Waals surface area contributed by atoms with Crippen LogP contribution in [0.4, 0.5) is 13.2 Å². The van der Waals surface area contributed by atoms with Crippen LogP contribution in [-0.2, 0) is 19.7 Å². The van der Waals surface area contributed by atoms with E-state index in [1.165, 1.54) is 0 Å². The Hall–Kier alpha value is 1.22. The van der Waals surface area contributed by atoms with Gasteiger partial charge in [0.15, 0.2) is 17.4 Å². The molecule has 1 aromatic carbocycles. The van der Waals surface area contributed by atoms with E-state index in [4.69, 9.17) is 14.0 Å². The molecule has 30 heavy (non-hydrogen) atoms. The molecule has 0 aliphatic rings. The van der Waals surface area contributed by atoms with E-state index < -0.39 is 47.8 Å². The Morgan fingerprint density at radius 1 is 0.900 bits per heavy atom. The third kappa shape index (κ3) is 7.92. The van der Waals surface area contributed by atoms with Gasteiger partial charge in [0.1, 0.15) is 0 Å². The first-order chi connectivity index (χ1) is 13.3. The Morgan fingerprint density at radius 3 is 1.57 bits per heavy atom. The van der Waals surface area contributed by atoms with Crippen LogP contribution in [0.2, 0.25) is 0 Å². The van der Waals surface area contributed by atoms with E-state index in [1.54, 1.807) is 0 Å². The number of carbonyl (C=O) groups excluding carboxylic acids is 2. The number of esters is 2. The van der Waals surface area contributed by atoms with Crippen molar-refractivity contribution in [2.24, 2.45) is 5.92 Å². The van der Waals surface area contributed by atoms with Crippen LogP contribution in [0.15, 0.2) is 17.9 Å². The lowest BCUT2D eigenvalue weighted by Gasteiger charge is -2.20. The topological polar surface area (TPSA) is 107 Å². The van der Waals surface area contributed by atoms with Gasteiger partial charge in [-0.15, -0.1) is 0 Å². The highest BCUT2D eigenvalue weighted by Crippen LogP contribution is 2.51. The molecule has 0 fully saturated rings. The molecule has 1 N–H and O–H groups in total. The number of hydrogen-bond donors (Lipinski definition) is 1. The minimum absolute atomic E-state index is 0.0381. The molecule has 0 aliphatic heterocycles. The van der Waals surface area contributed by atoms with Crippen LogP contribution in [-0.4, -0.2) is 39.0 Å². The zero-order valence-electron chi connectivity index (χ0n) is 13.4. The lowest BCUT2D eigenvalue weighted by atomic mass is 10.2. The minimum atomic E-state index is -5.32. The van der Waals surface area contributed by atoms with Crippen LogP contribution in [0.1, 0.15) is 0 Å². The highest BCUT2D eigenvalue weighted by molar-refractivity contribution is 9.40. The van der Waals surface area contributed by atoms with Gasteiger partial charge in [-0.3, -0.25) is 9.35 Å². The van der Waals surface area contributed by atoms with E-state index in [2.05, 4.69) is 112 Å². The SMILES string of the molecule is O=C(Oc1c(Br)c(Br)c(OC(=O)C(Br)(Br)Br)c(Br)c1Br)C(CS(=O)(=O)O)C(F)(F)F. The number of halogens is 10. The fourth-order valence-corrected chi connectivity index (χ4v) is 4.96. The van der Waals surface area contributed by atoms with Gasteiger partial charge >= 0.3 is 18.1 Å². The molecule has 18 heteroatoms. The summed E-state index contributed by atoms with van der Waals surface area (Å²) in [6, 6.07) is 0. The van der Waals surface area contributed by atoms with Crippen molar-refractivity contribution in [3.8, 4) is 11.5 Å². The highest BCUT2D eigenvalue weighted by atomic mass is 80.0. The van der Waals surface area contributed by atoms with Crippen molar-refractivity contribution in [2.45, 2.75) is 8.32 Å². The Labute approximate surface area is 225 Å². The molecule has 1 rings (SSSR count). The van der Waals surface area contributed by atoms with Gasteiger partial charge in [0.05, 0.1) is 23.6 Å². The summed E-state index contributed by atoms with van der Waals surface area (Å²) in [5.74, 6) is -8.59. The molecule has 0 bridgehead atoms. The van der Waals surface area contributed by atoms with Gasteiger partial charge in [0.25, 0.3) is 10.1 Å². The molecule has 1 unspecified atom stereocenters. The molecule has 7 nitrogen and oxygen atoms in total. The van der Waals surface area contributed by atoms with E-state index >= 15 is 0 Å². The predicted octanol–water partition coefficient (Wildman–Crippen LogP) is 6.45. The second-order valence-electron chi connectivity index (χ2n) is 5.07. The summed E-state index contributed by atoms with van der Waals surface area (Å²) < 4.78 is 77.8. The standard InChI is InChI=1S/C12H4Br7F3O7S/c13-3-5(15)8(29-10(24)11(17,18)19)6(16)4(14)7(3)28-9(23)2(12(20,21)22)1-30(25,26)27/h2H,1H2,(H,25,26,27). The van der Waals surface area contributed by atoms with Crippen molar-refractivity contribution in [2.75, 3.05) is 5.75 Å². The van der Waals surface area contributed by atoms with E-state index in [0.717, 1.165) is 0 Å². The number of rotatable bonds is 5. The van der Waals surface area contributed by atoms with E-state index in [-0.39, 0.29) is 23.6 Å². The van der Waals surface area contributed by atoms with Crippen molar-refractivity contribution in [3.05, 3.63) is 17.9 Å². The van der Waals surface area contributed by atoms with Gasteiger partial charge in [-0.1, -0.05) is 0 Å². The number of benzene rings is 1. The Kier molecular flexibility index (Phi) is 10.4. The quantitative estimate of drug-likeness (QED) is 0.119. The van der Waals surface area contributed by atoms with Crippen LogP contribution in [0.5, 0.6) is 11.5 Å². The molecule has 0 saturated carbocycles. The first-order valence-corrected chi connectivity index (χ1v) is 13.8. The summed E-state index contributed by atoms with van der Waals surface area (Å²) in [5, 5.41) is 0. The molecule has 0 heterocycles. The average Bonchev–Trinajstić information content (AvgIpc) is 2.55. The number of alkyl halides is 6. The largest absolute Gasteiger partial charge is 0.424 e. The van der Waals surface area contributed by atoms with Crippen LogP contribution in [0, 0.1) is 5.92 Å². The molecule has 0 saturated heterocycles. The second-order valence-corrected chi connectivity index (χ2v) is 16.5. The van der Waals surface area contributed by atoms with Crippen molar-refractivity contribution >= 4 is 134 Å². The number of ether oxygens (including phenoxy) is 2. The maximum atomic E-state index is 13.1. The highest BCUT2D eigenvalue weighted by Gasteiger charge is 2.49. The molecule has 1 atom stereocenters. The second kappa shape index (κ2) is 10.7. The zero-order chi connectivity index (χ0) is 23.8. The smallest absolute Gasteiger partial charge is 0.403 e. The molecular formula is C12H4Br7F3O7S. The normalized spacial score (nSPS) is 13.7. The average molecular weight is 909 g/mol. The fraction of sp³-hybridized carbons (Fsp3) is 0.333. The van der Waals surface area contributed by atoms with Gasteiger partial charge < -0.3 is 9.47 Å². The third-order valence-corrected chi connectivity index (χ3v) is 8.69. The molecular weight excluding hydrogens is 905 g/mol. The molecule has 0 aromatic heterocycles. The minimum Gasteiger partial charge on any atom is -0.424 e. The lowest BCUT2D eigenvalue weighted by Crippen LogP contribution is -2.39. The maximum absolute atomic E-state index is 13.1. The van der Waals surface area contributed by atoms with E-state index in [1.807, 2.05) is 0 Å². The van der Waals surface area contributed by atoms with Crippen LogP contribution >= 0.6 is 112 Å². The third-order valence-electron chi connectivity index (χ3n) is 2.87. The maximum Gasteiger partial charge on any atom is 0.403 e. The molecule has 0 amide bonds. The van der Waals surface area contributed by atoms with Gasteiger partial charge in [-0.05, 0) is 112 Å².